The lowest BCUT2D eigenvalue weighted by molar-refractivity contribution is -0.138. The van der Waals surface area contributed by atoms with Crippen LogP contribution >= 0.6 is 0 Å². The fourth-order valence-electron chi connectivity index (χ4n) is 2.57. The standard InChI is InChI=1S/C12H21N3O2/c1-9-4-2-3-7-15(9)11(16)8-10-12(17)14-6-5-13-10/h9-10,13H,2-8H2,1H3,(H,14,17)/t9-,10+/m1/s1. The molecule has 0 aromatic carbocycles. The van der Waals surface area contributed by atoms with Crippen molar-refractivity contribution in [3.63, 3.8) is 0 Å². The molecule has 5 heteroatoms. The van der Waals surface area contributed by atoms with Crippen LogP contribution in [0.1, 0.15) is 32.6 Å². The Labute approximate surface area is 102 Å². The van der Waals surface area contributed by atoms with Crippen LogP contribution in [0, 0.1) is 0 Å². The van der Waals surface area contributed by atoms with E-state index in [2.05, 4.69) is 17.6 Å². The van der Waals surface area contributed by atoms with Gasteiger partial charge in [-0.3, -0.25) is 9.59 Å². The molecule has 2 fully saturated rings. The minimum absolute atomic E-state index is 0.0470. The summed E-state index contributed by atoms with van der Waals surface area (Å²) in [5.74, 6) is 0.0565. The van der Waals surface area contributed by atoms with E-state index >= 15 is 0 Å². The van der Waals surface area contributed by atoms with Crippen molar-refractivity contribution < 1.29 is 9.59 Å². The van der Waals surface area contributed by atoms with Gasteiger partial charge in [-0.1, -0.05) is 0 Å². The number of piperidine rings is 1. The number of rotatable bonds is 2. The Bertz CT molecular complexity index is 306. The van der Waals surface area contributed by atoms with Crippen molar-refractivity contribution in [2.75, 3.05) is 19.6 Å². The lowest BCUT2D eigenvalue weighted by Gasteiger charge is -2.35. The Balaban J connectivity index is 1.89. The number of likely N-dealkylation sites (tertiary alicyclic amines) is 1. The van der Waals surface area contributed by atoms with E-state index < -0.39 is 0 Å². The normalized spacial score (nSPS) is 29.9. The van der Waals surface area contributed by atoms with Gasteiger partial charge in [-0.15, -0.1) is 0 Å². The van der Waals surface area contributed by atoms with Crippen LogP contribution in [-0.2, 0) is 9.59 Å². The summed E-state index contributed by atoms with van der Waals surface area (Å²) < 4.78 is 0. The lowest BCUT2D eigenvalue weighted by atomic mass is 10.0. The molecule has 0 bridgehead atoms. The third kappa shape index (κ3) is 2.97. The molecule has 2 saturated heterocycles. The molecule has 17 heavy (non-hydrogen) atoms. The summed E-state index contributed by atoms with van der Waals surface area (Å²) in [6.07, 6.45) is 3.65. The second-order valence-electron chi connectivity index (χ2n) is 4.93. The minimum Gasteiger partial charge on any atom is -0.353 e. The van der Waals surface area contributed by atoms with Crippen LogP contribution in [0.4, 0.5) is 0 Å². The molecule has 2 N–H and O–H groups in total. The third-order valence-corrected chi connectivity index (χ3v) is 3.63. The molecule has 2 rings (SSSR count). The first-order chi connectivity index (χ1) is 8.18. The predicted molar refractivity (Wildman–Crippen MR) is 64.4 cm³/mol. The number of hydrogen-bond donors (Lipinski definition) is 2. The van der Waals surface area contributed by atoms with Crippen molar-refractivity contribution >= 4 is 11.8 Å². The fraction of sp³-hybridized carbons (Fsp3) is 0.833. The second-order valence-corrected chi connectivity index (χ2v) is 4.93. The van der Waals surface area contributed by atoms with E-state index in [1.165, 1.54) is 6.42 Å². The molecule has 0 aromatic heterocycles. The zero-order chi connectivity index (χ0) is 12.3. The molecule has 2 atom stereocenters. The highest BCUT2D eigenvalue weighted by atomic mass is 16.2. The van der Waals surface area contributed by atoms with Gasteiger partial charge in [0.15, 0.2) is 0 Å². The molecule has 0 aromatic rings. The summed E-state index contributed by atoms with van der Waals surface area (Å²) in [7, 11) is 0. The third-order valence-electron chi connectivity index (χ3n) is 3.63. The summed E-state index contributed by atoms with van der Waals surface area (Å²) in [6.45, 7) is 4.34. The molecule has 0 aliphatic carbocycles. The van der Waals surface area contributed by atoms with Crippen LogP contribution in [0.5, 0.6) is 0 Å². The van der Waals surface area contributed by atoms with Crippen LogP contribution in [0.2, 0.25) is 0 Å². The minimum atomic E-state index is -0.342. The largest absolute Gasteiger partial charge is 0.353 e. The Morgan fingerprint density at radius 2 is 2.24 bits per heavy atom. The highest BCUT2D eigenvalue weighted by Crippen LogP contribution is 2.17. The van der Waals surface area contributed by atoms with E-state index in [0.29, 0.717) is 12.6 Å². The van der Waals surface area contributed by atoms with E-state index in [-0.39, 0.29) is 24.3 Å². The molecule has 2 heterocycles. The molecule has 5 nitrogen and oxygen atoms in total. The molecule has 2 aliphatic rings. The number of carbonyl (C=O) groups excluding carboxylic acids is 2. The highest BCUT2D eigenvalue weighted by Gasteiger charge is 2.29. The van der Waals surface area contributed by atoms with Crippen molar-refractivity contribution in [3.8, 4) is 0 Å². The van der Waals surface area contributed by atoms with Crippen LogP contribution in [0.3, 0.4) is 0 Å². The maximum Gasteiger partial charge on any atom is 0.237 e. The zero-order valence-corrected chi connectivity index (χ0v) is 10.4. The molecule has 0 spiro atoms. The van der Waals surface area contributed by atoms with Gasteiger partial charge in [0, 0.05) is 25.7 Å². The first kappa shape index (κ1) is 12.4. The summed E-state index contributed by atoms with van der Waals surface area (Å²) >= 11 is 0. The van der Waals surface area contributed by atoms with Crippen molar-refractivity contribution in [2.45, 2.75) is 44.7 Å². The fourth-order valence-corrected chi connectivity index (χ4v) is 2.57. The maximum atomic E-state index is 12.1. The van der Waals surface area contributed by atoms with E-state index in [9.17, 15) is 9.59 Å². The average Bonchev–Trinajstić information content (AvgIpc) is 2.32. The summed E-state index contributed by atoms with van der Waals surface area (Å²) in [5, 5.41) is 5.87. The van der Waals surface area contributed by atoms with E-state index in [1.54, 1.807) is 0 Å². The molecule has 0 unspecified atom stereocenters. The van der Waals surface area contributed by atoms with Gasteiger partial charge in [-0.05, 0) is 26.2 Å². The van der Waals surface area contributed by atoms with Crippen molar-refractivity contribution in [1.29, 1.82) is 0 Å². The SMILES string of the molecule is C[C@@H]1CCCCN1C(=O)C[C@@H]1NCCNC1=O. The molecular weight excluding hydrogens is 218 g/mol. The number of piperazine rings is 1. The van der Waals surface area contributed by atoms with Gasteiger partial charge in [-0.2, -0.15) is 0 Å². The molecule has 0 radical (unpaired) electrons. The zero-order valence-electron chi connectivity index (χ0n) is 10.4. The van der Waals surface area contributed by atoms with Crippen molar-refractivity contribution in [3.05, 3.63) is 0 Å². The van der Waals surface area contributed by atoms with Crippen LogP contribution in [0.25, 0.3) is 0 Å². The number of nitrogens with zero attached hydrogens (tertiary/aromatic N) is 1. The molecule has 2 aliphatic heterocycles. The second kappa shape index (κ2) is 5.49. The summed E-state index contributed by atoms with van der Waals surface area (Å²) in [5.41, 5.74) is 0. The van der Waals surface area contributed by atoms with Crippen LogP contribution in [0.15, 0.2) is 0 Å². The molecule has 0 saturated carbocycles. The van der Waals surface area contributed by atoms with E-state index in [4.69, 9.17) is 0 Å². The lowest BCUT2D eigenvalue weighted by Crippen LogP contribution is -2.55. The topological polar surface area (TPSA) is 61.4 Å². The van der Waals surface area contributed by atoms with Crippen molar-refractivity contribution in [2.24, 2.45) is 0 Å². The average molecular weight is 239 g/mol. The molecule has 2 amide bonds. The van der Waals surface area contributed by atoms with Gasteiger partial charge < -0.3 is 15.5 Å². The van der Waals surface area contributed by atoms with E-state index in [1.807, 2.05) is 4.90 Å². The predicted octanol–water partition coefficient (Wildman–Crippen LogP) is -0.134. The monoisotopic (exact) mass is 239 g/mol. The summed E-state index contributed by atoms with van der Waals surface area (Å²) in [6, 6.07) is -0.0201. The van der Waals surface area contributed by atoms with Crippen LogP contribution < -0.4 is 10.6 Å². The quantitative estimate of drug-likeness (QED) is 0.705. The van der Waals surface area contributed by atoms with Gasteiger partial charge in [0.25, 0.3) is 0 Å². The number of nitrogens with one attached hydrogen (secondary N) is 2. The van der Waals surface area contributed by atoms with Gasteiger partial charge in [-0.25, -0.2) is 0 Å². The van der Waals surface area contributed by atoms with Gasteiger partial charge >= 0.3 is 0 Å². The van der Waals surface area contributed by atoms with E-state index in [0.717, 1.165) is 25.9 Å². The molecular formula is C12H21N3O2. The Morgan fingerprint density at radius 3 is 2.94 bits per heavy atom. The van der Waals surface area contributed by atoms with Gasteiger partial charge in [0.2, 0.25) is 11.8 Å². The van der Waals surface area contributed by atoms with Gasteiger partial charge in [0.1, 0.15) is 0 Å². The highest BCUT2D eigenvalue weighted by molar-refractivity contribution is 5.88. The first-order valence-electron chi connectivity index (χ1n) is 6.49. The number of amides is 2. The molecule has 96 valence electrons. The number of hydrogen-bond acceptors (Lipinski definition) is 3. The Kier molecular flexibility index (Phi) is 3.99. The van der Waals surface area contributed by atoms with Crippen LogP contribution in [-0.4, -0.2) is 48.4 Å². The Hall–Kier alpha value is -1.10. The smallest absolute Gasteiger partial charge is 0.237 e. The number of carbonyl (C=O) groups is 2. The van der Waals surface area contributed by atoms with Crippen molar-refractivity contribution in [1.82, 2.24) is 15.5 Å². The summed E-state index contributed by atoms with van der Waals surface area (Å²) in [4.78, 5) is 25.6. The first-order valence-corrected chi connectivity index (χ1v) is 6.49. The maximum absolute atomic E-state index is 12.1. The van der Waals surface area contributed by atoms with Gasteiger partial charge in [0.05, 0.1) is 12.5 Å². The Morgan fingerprint density at radius 1 is 1.41 bits per heavy atom.